The number of piperazine rings is 1. The average molecular weight is 317 g/mol. The Morgan fingerprint density at radius 1 is 1.22 bits per heavy atom. The zero-order valence-electron chi connectivity index (χ0n) is 13.4. The number of amides is 1. The van der Waals surface area contributed by atoms with E-state index in [2.05, 4.69) is 17.1 Å². The van der Waals surface area contributed by atoms with E-state index in [9.17, 15) is 14.7 Å². The van der Waals surface area contributed by atoms with Gasteiger partial charge in [-0.1, -0.05) is 6.92 Å². The maximum Gasteiger partial charge on any atom is 0.248 e. The summed E-state index contributed by atoms with van der Waals surface area (Å²) < 4.78 is 0. The van der Waals surface area contributed by atoms with Gasteiger partial charge in [-0.05, 0) is 36.8 Å². The molecule has 1 saturated heterocycles. The number of carbonyl (C=O) groups excluding carboxylic acids is 2. The molecule has 0 bridgehead atoms. The first-order valence-electron chi connectivity index (χ1n) is 7.97. The highest BCUT2D eigenvalue weighted by Gasteiger charge is 2.19. The first-order valence-corrected chi connectivity index (χ1v) is 7.97. The molecule has 0 atom stereocenters. The van der Waals surface area contributed by atoms with E-state index in [4.69, 9.17) is 0 Å². The van der Waals surface area contributed by atoms with Crippen molar-refractivity contribution < 1.29 is 19.6 Å². The Hall–Kier alpha value is -2.34. The van der Waals surface area contributed by atoms with E-state index in [-0.39, 0.29) is 0 Å². The maximum atomic E-state index is 11.5. The zero-order chi connectivity index (χ0) is 16.7. The third-order valence-corrected chi connectivity index (χ3v) is 3.94. The molecule has 1 aliphatic heterocycles. The van der Waals surface area contributed by atoms with E-state index >= 15 is 0 Å². The minimum absolute atomic E-state index is 0.487. The van der Waals surface area contributed by atoms with Gasteiger partial charge in [-0.2, -0.15) is 0 Å². The van der Waals surface area contributed by atoms with Crippen LogP contribution in [0.25, 0.3) is 0 Å². The van der Waals surface area contributed by atoms with Crippen LogP contribution in [0, 0.1) is 0 Å². The molecule has 0 radical (unpaired) electrons. The molecule has 6 heteroatoms. The molecule has 1 fully saturated rings. The highest BCUT2D eigenvalue weighted by atomic mass is 16.4. The predicted octanol–water partition coefficient (Wildman–Crippen LogP) is -0.954. The number of hydrogen-bond acceptors (Lipinski definition) is 4. The van der Waals surface area contributed by atoms with Gasteiger partial charge in [0.25, 0.3) is 0 Å². The molecule has 2 rings (SSSR count). The van der Waals surface area contributed by atoms with Gasteiger partial charge in [-0.3, -0.25) is 4.79 Å². The van der Waals surface area contributed by atoms with Gasteiger partial charge in [0.2, 0.25) is 5.91 Å². The Morgan fingerprint density at radius 3 is 2.43 bits per heavy atom. The third kappa shape index (κ3) is 5.41. The number of anilines is 2. The Morgan fingerprint density at radius 2 is 1.87 bits per heavy atom. The van der Waals surface area contributed by atoms with Crippen LogP contribution in [0.1, 0.15) is 13.3 Å². The van der Waals surface area contributed by atoms with E-state index in [0.29, 0.717) is 11.8 Å². The van der Waals surface area contributed by atoms with E-state index in [1.165, 1.54) is 13.0 Å². The summed E-state index contributed by atoms with van der Waals surface area (Å²) in [7, 11) is 0. The molecule has 0 aromatic heterocycles. The van der Waals surface area contributed by atoms with Crippen molar-refractivity contribution in [3.8, 4) is 0 Å². The van der Waals surface area contributed by atoms with Crippen molar-refractivity contribution in [1.82, 2.24) is 0 Å². The minimum atomic E-state index is -1.39. The van der Waals surface area contributed by atoms with Crippen molar-refractivity contribution in [2.45, 2.75) is 13.3 Å². The minimum Gasteiger partial charge on any atom is -0.545 e. The number of carboxylic acids is 1. The summed E-state index contributed by atoms with van der Waals surface area (Å²) in [6.07, 6.45) is 2.87. The van der Waals surface area contributed by atoms with Gasteiger partial charge in [0.05, 0.1) is 38.7 Å². The summed E-state index contributed by atoms with van der Waals surface area (Å²) in [5.74, 6) is -1.88. The van der Waals surface area contributed by atoms with E-state index in [1.54, 1.807) is 4.90 Å². The van der Waals surface area contributed by atoms with Crippen LogP contribution in [0.3, 0.4) is 0 Å². The molecule has 1 aliphatic rings. The van der Waals surface area contributed by atoms with Gasteiger partial charge in [0.1, 0.15) is 0 Å². The van der Waals surface area contributed by atoms with Crippen LogP contribution < -0.4 is 20.2 Å². The highest BCUT2D eigenvalue weighted by molar-refractivity contribution is 6.02. The van der Waals surface area contributed by atoms with Crippen molar-refractivity contribution in [3.05, 3.63) is 36.4 Å². The van der Waals surface area contributed by atoms with Crippen molar-refractivity contribution in [3.63, 3.8) is 0 Å². The van der Waals surface area contributed by atoms with E-state index in [0.717, 1.165) is 37.9 Å². The average Bonchev–Trinajstić information content (AvgIpc) is 2.55. The fourth-order valence-corrected chi connectivity index (χ4v) is 2.77. The smallest absolute Gasteiger partial charge is 0.248 e. The first kappa shape index (κ1) is 17.0. The SMILES string of the molecule is CCC[NH+]1CCN(c2ccc(NC(=O)/C=C\C(=O)[O-])cc2)CC1. The largest absolute Gasteiger partial charge is 0.545 e. The zero-order valence-corrected chi connectivity index (χ0v) is 13.4. The van der Waals surface area contributed by atoms with Crippen LogP contribution in [-0.4, -0.2) is 44.6 Å². The third-order valence-electron chi connectivity index (χ3n) is 3.94. The summed E-state index contributed by atoms with van der Waals surface area (Å²) in [5.41, 5.74) is 1.78. The Bertz CT molecular complexity index is 561. The fourth-order valence-electron chi connectivity index (χ4n) is 2.77. The van der Waals surface area contributed by atoms with Gasteiger partial charge >= 0.3 is 0 Å². The summed E-state index contributed by atoms with van der Waals surface area (Å²) in [4.78, 5) is 25.8. The quantitative estimate of drug-likeness (QED) is 0.663. The van der Waals surface area contributed by atoms with Gasteiger partial charge in [-0.15, -0.1) is 0 Å². The van der Waals surface area contributed by atoms with Gasteiger partial charge in [0, 0.05) is 17.5 Å². The summed E-state index contributed by atoms with van der Waals surface area (Å²) in [6.45, 7) is 7.83. The topological polar surface area (TPSA) is 76.9 Å². The number of rotatable bonds is 6. The Balaban J connectivity index is 1.87. The molecule has 0 spiro atoms. The monoisotopic (exact) mass is 317 g/mol. The number of quaternary nitrogens is 1. The van der Waals surface area contributed by atoms with Crippen LogP contribution in [0.15, 0.2) is 36.4 Å². The Kier molecular flexibility index (Phi) is 6.17. The predicted molar refractivity (Wildman–Crippen MR) is 87.3 cm³/mol. The van der Waals surface area contributed by atoms with E-state index < -0.39 is 11.9 Å². The first-order chi connectivity index (χ1) is 11.1. The lowest BCUT2D eigenvalue weighted by molar-refractivity contribution is -0.900. The second kappa shape index (κ2) is 8.33. The molecular formula is C17H23N3O3. The molecular weight excluding hydrogens is 294 g/mol. The normalized spacial score (nSPS) is 15.8. The van der Waals surface area contributed by atoms with Crippen LogP contribution in [0.5, 0.6) is 0 Å². The fraction of sp³-hybridized carbons (Fsp3) is 0.412. The van der Waals surface area contributed by atoms with Crippen LogP contribution >= 0.6 is 0 Å². The highest BCUT2D eigenvalue weighted by Crippen LogP contribution is 2.18. The molecule has 0 unspecified atom stereocenters. The molecule has 0 aliphatic carbocycles. The maximum absolute atomic E-state index is 11.5. The van der Waals surface area contributed by atoms with Crippen LogP contribution in [0.2, 0.25) is 0 Å². The Labute approximate surface area is 136 Å². The summed E-state index contributed by atoms with van der Waals surface area (Å²) in [5, 5.41) is 12.9. The molecule has 23 heavy (non-hydrogen) atoms. The second-order valence-corrected chi connectivity index (χ2v) is 5.68. The second-order valence-electron chi connectivity index (χ2n) is 5.68. The number of nitrogens with zero attached hydrogens (tertiary/aromatic N) is 1. The summed E-state index contributed by atoms with van der Waals surface area (Å²) in [6, 6.07) is 7.60. The number of aliphatic carboxylic acids is 1. The standard InChI is InChI=1S/C17H23N3O3/c1-2-9-19-10-12-20(13-11-19)15-5-3-14(4-6-15)18-16(21)7-8-17(22)23/h3-8H,2,9-13H2,1H3,(H,18,21)(H,22,23)/b8-7-. The lowest BCUT2D eigenvalue weighted by Crippen LogP contribution is -3.14. The lowest BCUT2D eigenvalue weighted by Gasteiger charge is -2.33. The van der Waals surface area contributed by atoms with Crippen LogP contribution in [0.4, 0.5) is 11.4 Å². The van der Waals surface area contributed by atoms with Crippen LogP contribution in [-0.2, 0) is 9.59 Å². The molecule has 2 N–H and O–H groups in total. The molecule has 1 aromatic rings. The molecule has 124 valence electrons. The molecule has 1 amide bonds. The van der Waals surface area contributed by atoms with Crippen molar-refractivity contribution in [2.24, 2.45) is 0 Å². The molecule has 1 aromatic carbocycles. The number of carbonyl (C=O) groups is 2. The molecule has 6 nitrogen and oxygen atoms in total. The van der Waals surface area contributed by atoms with Crippen molar-refractivity contribution in [1.29, 1.82) is 0 Å². The van der Waals surface area contributed by atoms with Gasteiger partial charge < -0.3 is 25.0 Å². The number of hydrogen-bond donors (Lipinski definition) is 2. The number of nitrogens with one attached hydrogen (secondary N) is 2. The summed E-state index contributed by atoms with van der Waals surface area (Å²) >= 11 is 0. The van der Waals surface area contributed by atoms with Crippen molar-refractivity contribution >= 4 is 23.3 Å². The molecule has 1 heterocycles. The van der Waals surface area contributed by atoms with Crippen molar-refractivity contribution in [2.75, 3.05) is 42.9 Å². The number of carboxylic acid groups (broad SMARTS) is 1. The van der Waals surface area contributed by atoms with Gasteiger partial charge in [-0.25, -0.2) is 0 Å². The van der Waals surface area contributed by atoms with E-state index in [1.807, 2.05) is 24.3 Å². The van der Waals surface area contributed by atoms with Gasteiger partial charge in [0.15, 0.2) is 0 Å². The number of benzene rings is 1. The lowest BCUT2D eigenvalue weighted by atomic mass is 10.2. The molecule has 0 saturated carbocycles.